The van der Waals surface area contributed by atoms with Crippen LogP contribution in [0, 0.1) is 5.92 Å². The monoisotopic (exact) mass is 139 g/mol. The predicted octanol–water partition coefficient (Wildman–Crippen LogP) is 1.95. The highest BCUT2D eigenvalue weighted by Gasteiger charge is 2.31. The van der Waals surface area contributed by atoms with Crippen molar-refractivity contribution in [2.24, 2.45) is 5.92 Å². The van der Waals surface area contributed by atoms with Crippen molar-refractivity contribution < 1.29 is 0 Å². The number of hydrogen-bond donors (Lipinski definition) is 1. The molecule has 2 unspecified atom stereocenters. The topological polar surface area (TPSA) is 12.0 Å². The first kappa shape index (κ1) is 7.80. The molecule has 1 fully saturated rings. The van der Waals surface area contributed by atoms with Gasteiger partial charge in [-0.3, -0.25) is 0 Å². The van der Waals surface area contributed by atoms with E-state index < -0.39 is 0 Å². The minimum absolute atomic E-state index is 0.838. The van der Waals surface area contributed by atoms with Crippen molar-refractivity contribution in [3.8, 4) is 0 Å². The van der Waals surface area contributed by atoms with Crippen LogP contribution in [0.4, 0.5) is 0 Å². The molecule has 0 aromatic rings. The van der Waals surface area contributed by atoms with Gasteiger partial charge >= 0.3 is 0 Å². The van der Waals surface area contributed by atoms with E-state index in [0.717, 1.165) is 18.4 Å². The van der Waals surface area contributed by atoms with Gasteiger partial charge in [0.15, 0.2) is 0 Å². The van der Waals surface area contributed by atoms with Crippen molar-refractivity contribution >= 4 is 0 Å². The van der Waals surface area contributed by atoms with E-state index >= 15 is 0 Å². The van der Waals surface area contributed by atoms with Gasteiger partial charge in [-0.05, 0) is 31.7 Å². The van der Waals surface area contributed by atoms with Crippen molar-refractivity contribution in [2.75, 3.05) is 6.54 Å². The number of allylic oxidation sites excluding steroid dienone is 1. The number of unbranched alkanes of at least 4 members (excludes halogenated alkanes) is 1. The third kappa shape index (κ3) is 2.53. The number of rotatable bonds is 5. The van der Waals surface area contributed by atoms with Crippen molar-refractivity contribution in [3.63, 3.8) is 0 Å². The molecule has 1 aliphatic carbocycles. The van der Waals surface area contributed by atoms with E-state index in [2.05, 4.69) is 18.8 Å². The molecule has 0 aliphatic heterocycles. The molecule has 1 saturated carbocycles. The lowest BCUT2D eigenvalue weighted by molar-refractivity contribution is 0.626. The summed E-state index contributed by atoms with van der Waals surface area (Å²) < 4.78 is 0. The smallest absolute Gasteiger partial charge is 0.00963 e. The highest BCUT2D eigenvalue weighted by Crippen LogP contribution is 2.28. The van der Waals surface area contributed by atoms with Crippen LogP contribution >= 0.6 is 0 Å². The highest BCUT2D eigenvalue weighted by atomic mass is 15.0. The van der Waals surface area contributed by atoms with E-state index in [9.17, 15) is 0 Å². The van der Waals surface area contributed by atoms with Gasteiger partial charge < -0.3 is 5.32 Å². The number of hydrogen-bond acceptors (Lipinski definition) is 1. The second kappa shape index (κ2) is 3.77. The van der Waals surface area contributed by atoms with Gasteiger partial charge in [0.2, 0.25) is 0 Å². The minimum Gasteiger partial charge on any atom is -0.314 e. The summed E-state index contributed by atoms with van der Waals surface area (Å²) in [4.78, 5) is 0. The Kier molecular flexibility index (Phi) is 2.94. The van der Waals surface area contributed by atoms with Crippen molar-refractivity contribution in [3.05, 3.63) is 12.7 Å². The van der Waals surface area contributed by atoms with Gasteiger partial charge in [0.05, 0.1) is 0 Å². The van der Waals surface area contributed by atoms with E-state index in [1.54, 1.807) is 0 Å². The van der Waals surface area contributed by atoms with Crippen LogP contribution < -0.4 is 5.32 Å². The maximum absolute atomic E-state index is 3.68. The van der Waals surface area contributed by atoms with Gasteiger partial charge in [-0.1, -0.05) is 13.0 Å². The molecule has 0 aromatic heterocycles. The van der Waals surface area contributed by atoms with Crippen molar-refractivity contribution in [1.29, 1.82) is 0 Å². The second-order valence-corrected chi connectivity index (χ2v) is 3.20. The summed E-state index contributed by atoms with van der Waals surface area (Å²) in [6, 6.07) is 0.838. The lowest BCUT2D eigenvalue weighted by Gasteiger charge is -1.99. The normalized spacial score (nSPS) is 30.1. The molecule has 0 saturated heterocycles. The first-order chi connectivity index (χ1) is 4.84. The molecule has 1 nitrogen and oxygen atoms in total. The van der Waals surface area contributed by atoms with Gasteiger partial charge in [0, 0.05) is 6.04 Å². The van der Waals surface area contributed by atoms with Crippen molar-refractivity contribution in [1.82, 2.24) is 5.32 Å². The fraction of sp³-hybridized carbons (Fsp3) is 0.778. The van der Waals surface area contributed by atoms with Crippen LogP contribution in [0.25, 0.3) is 0 Å². The molecule has 1 aliphatic rings. The van der Waals surface area contributed by atoms with Crippen LogP contribution in [0.1, 0.15) is 26.2 Å². The first-order valence-corrected chi connectivity index (χ1v) is 4.19. The Morgan fingerprint density at radius 3 is 2.90 bits per heavy atom. The Hall–Kier alpha value is -0.300. The standard InChI is InChI=1S/C9H17N/c1-3-4-5-6-10-9-7-8(9)2/h3,8-10H,1,4-7H2,2H3. The molecule has 0 amide bonds. The van der Waals surface area contributed by atoms with E-state index in [4.69, 9.17) is 0 Å². The van der Waals surface area contributed by atoms with Gasteiger partial charge in [-0.15, -0.1) is 6.58 Å². The van der Waals surface area contributed by atoms with Crippen LogP contribution in [0.2, 0.25) is 0 Å². The zero-order valence-corrected chi connectivity index (χ0v) is 6.77. The molecule has 10 heavy (non-hydrogen) atoms. The second-order valence-electron chi connectivity index (χ2n) is 3.20. The van der Waals surface area contributed by atoms with Crippen LogP contribution in [-0.4, -0.2) is 12.6 Å². The first-order valence-electron chi connectivity index (χ1n) is 4.19. The fourth-order valence-electron chi connectivity index (χ4n) is 1.14. The van der Waals surface area contributed by atoms with Crippen LogP contribution in [0.5, 0.6) is 0 Å². The van der Waals surface area contributed by atoms with Crippen LogP contribution in [0.3, 0.4) is 0 Å². The summed E-state index contributed by atoms with van der Waals surface area (Å²) in [7, 11) is 0. The largest absolute Gasteiger partial charge is 0.314 e. The van der Waals surface area contributed by atoms with Gasteiger partial charge in [-0.2, -0.15) is 0 Å². The Morgan fingerprint density at radius 2 is 2.40 bits per heavy atom. The molecule has 0 aromatic carbocycles. The van der Waals surface area contributed by atoms with E-state index in [1.807, 2.05) is 6.08 Å². The van der Waals surface area contributed by atoms with Crippen molar-refractivity contribution in [2.45, 2.75) is 32.2 Å². The van der Waals surface area contributed by atoms with E-state index in [1.165, 1.54) is 19.4 Å². The molecular weight excluding hydrogens is 122 g/mol. The fourth-order valence-corrected chi connectivity index (χ4v) is 1.14. The Balaban J connectivity index is 1.82. The Bertz CT molecular complexity index is 109. The molecule has 1 rings (SSSR count). The molecule has 0 heterocycles. The molecule has 1 N–H and O–H groups in total. The summed E-state index contributed by atoms with van der Waals surface area (Å²) >= 11 is 0. The average Bonchev–Trinajstić information content (AvgIpc) is 2.60. The predicted molar refractivity (Wildman–Crippen MR) is 45.0 cm³/mol. The number of nitrogens with one attached hydrogen (secondary N) is 1. The molecule has 0 bridgehead atoms. The molecule has 2 atom stereocenters. The lowest BCUT2D eigenvalue weighted by atomic mass is 10.3. The summed E-state index contributed by atoms with van der Waals surface area (Å²) in [6.07, 6.45) is 5.76. The van der Waals surface area contributed by atoms with Gasteiger partial charge in [0.25, 0.3) is 0 Å². The third-order valence-electron chi connectivity index (χ3n) is 2.10. The maximum Gasteiger partial charge on any atom is 0.00963 e. The van der Waals surface area contributed by atoms with E-state index in [-0.39, 0.29) is 0 Å². The quantitative estimate of drug-likeness (QED) is 0.453. The summed E-state index contributed by atoms with van der Waals surface area (Å²) in [5.74, 6) is 0.934. The lowest BCUT2D eigenvalue weighted by Crippen LogP contribution is -2.18. The third-order valence-corrected chi connectivity index (χ3v) is 2.10. The summed E-state index contributed by atoms with van der Waals surface area (Å²) in [5, 5.41) is 3.49. The molecule has 1 heteroatoms. The van der Waals surface area contributed by atoms with Gasteiger partial charge in [0.1, 0.15) is 0 Å². The molecule has 58 valence electrons. The molecular formula is C9H17N. The summed E-state index contributed by atoms with van der Waals surface area (Å²) in [5.41, 5.74) is 0. The van der Waals surface area contributed by atoms with Gasteiger partial charge in [-0.25, -0.2) is 0 Å². The minimum atomic E-state index is 0.838. The van der Waals surface area contributed by atoms with E-state index in [0.29, 0.717) is 0 Å². The Morgan fingerprint density at radius 1 is 1.70 bits per heavy atom. The maximum atomic E-state index is 3.68. The average molecular weight is 139 g/mol. The zero-order valence-electron chi connectivity index (χ0n) is 6.77. The SMILES string of the molecule is C=CCCCNC1CC1C. The summed E-state index contributed by atoms with van der Waals surface area (Å²) in [6.45, 7) is 7.14. The highest BCUT2D eigenvalue weighted by molar-refractivity contribution is 4.89. The molecule has 0 radical (unpaired) electrons. The zero-order chi connectivity index (χ0) is 7.40. The van der Waals surface area contributed by atoms with Crippen LogP contribution in [-0.2, 0) is 0 Å². The Labute approximate surface area is 63.5 Å². The molecule has 0 spiro atoms. The van der Waals surface area contributed by atoms with Crippen LogP contribution in [0.15, 0.2) is 12.7 Å².